The number of carbonyl (C=O) groups is 1. The Morgan fingerprint density at radius 2 is 2.00 bits per heavy atom. The van der Waals surface area contributed by atoms with Crippen molar-refractivity contribution in [2.45, 2.75) is 38.4 Å². The summed E-state index contributed by atoms with van der Waals surface area (Å²) in [5, 5.41) is 9.59. The van der Waals surface area contributed by atoms with Gasteiger partial charge in [0.25, 0.3) is 4.58 Å². The third-order valence-electron chi connectivity index (χ3n) is 1.71. The lowest BCUT2D eigenvalue weighted by Gasteiger charge is -2.32. The number of hydrogen-bond acceptors (Lipinski definition) is 3. The molecule has 84 valence electrons. The molecule has 0 aliphatic carbocycles. The second-order valence-electron chi connectivity index (χ2n) is 4.11. The van der Waals surface area contributed by atoms with Gasteiger partial charge in [0, 0.05) is 0 Å². The first kappa shape index (κ1) is 13.8. The molecule has 0 bridgehead atoms. The van der Waals surface area contributed by atoms with Crippen LogP contribution in [0.1, 0.15) is 27.7 Å². The minimum absolute atomic E-state index is 0.0764. The smallest absolute Gasteiger partial charge is 0.357 e. The van der Waals surface area contributed by atoms with Crippen molar-refractivity contribution in [1.29, 1.82) is 0 Å². The molecule has 0 aromatic rings. The van der Waals surface area contributed by atoms with E-state index in [0.29, 0.717) is 0 Å². The van der Waals surface area contributed by atoms with Crippen LogP contribution in [0.15, 0.2) is 0 Å². The fourth-order valence-corrected chi connectivity index (χ4v) is 1.68. The highest BCUT2D eigenvalue weighted by atomic mass is 79.9. The lowest BCUT2D eigenvalue weighted by Crippen LogP contribution is -2.48. The predicted octanol–water partition coefficient (Wildman–Crippen LogP) is 2.02. The Kier molecular flexibility index (Phi) is 4.52. The molecule has 0 unspecified atom stereocenters. The molecule has 0 radical (unpaired) electrons. The molecule has 0 saturated heterocycles. The molecule has 0 spiro atoms. The minimum Gasteiger partial charge on any atom is -0.463 e. The number of esters is 1. The topological polar surface area (TPSA) is 46.5 Å². The summed E-state index contributed by atoms with van der Waals surface area (Å²) in [7, 11) is 0. The van der Waals surface area contributed by atoms with Crippen molar-refractivity contribution in [1.82, 2.24) is 0 Å². The van der Waals surface area contributed by atoms with Crippen LogP contribution in [0.2, 0.25) is 0 Å². The fraction of sp³-hybridized carbons (Fsp3) is 0.889. The van der Waals surface area contributed by atoms with Crippen molar-refractivity contribution in [2.24, 2.45) is 5.41 Å². The molecule has 0 aromatic heterocycles. The maximum absolute atomic E-state index is 13.8. The lowest BCUT2D eigenvalue weighted by molar-refractivity contribution is -0.159. The number of aliphatic hydroxyl groups is 1. The largest absolute Gasteiger partial charge is 0.463 e. The van der Waals surface area contributed by atoms with Gasteiger partial charge in [0.05, 0.1) is 6.61 Å². The number of rotatable bonds is 3. The number of hydrogen-bond donors (Lipinski definition) is 1. The molecular formula is C9H16BrFO3. The summed E-state index contributed by atoms with van der Waals surface area (Å²) in [6, 6.07) is 0. The molecule has 0 aliphatic heterocycles. The lowest BCUT2D eigenvalue weighted by atomic mass is 9.86. The van der Waals surface area contributed by atoms with Crippen LogP contribution in [0.3, 0.4) is 0 Å². The van der Waals surface area contributed by atoms with E-state index >= 15 is 0 Å². The van der Waals surface area contributed by atoms with Crippen molar-refractivity contribution >= 4 is 21.9 Å². The summed E-state index contributed by atoms with van der Waals surface area (Å²) >= 11 is 2.56. The molecular weight excluding hydrogens is 255 g/mol. The van der Waals surface area contributed by atoms with E-state index in [9.17, 15) is 14.3 Å². The van der Waals surface area contributed by atoms with E-state index in [1.165, 1.54) is 0 Å². The molecule has 14 heavy (non-hydrogen) atoms. The SMILES string of the molecule is CCOC(=O)[C@](F)(Br)[C@@H](O)C(C)(C)C. The van der Waals surface area contributed by atoms with Crippen LogP contribution < -0.4 is 0 Å². The fourth-order valence-electron chi connectivity index (χ4n) is 0.883. The summed E-state index contributed by atoms with van der Waals surface area (Å²) in [4.78, 5) is 11.1. The Bertz CT molecular complexity index is 211. The van der Waals surface area contributed by atoms with Crippen LogP contribution in [-0.4, -0.2) is 28.4 Å². The summed E-state index contributed by atoms with van der Waals surface area (Å²) < 4.78 is 15.7. The van der Waals surface area contributed by atoms with Gasteiger partial charge < -0.3 is 9.84 Å². The maximum atomic E-state index is 13.8. The molecule has 1 N–H and O–H groups in total. The number of halogens is 2. The van der Waals surface area contributed by atoms with Crippen LogP contribution >= 0.6 is 15.9 Å². The highest BCUT2D eigenvalue weighted by molar-refractivity contribution is 9.10. The van der Waals surface area contributed by atoms with Gasteiger partial charge in [-0.1, -0.05) is 20.8 Å². The van der Waals surface area contributed by atoms with Crippen LogP contribution in [0.5, 0.6) is 0 Å². The average molecular weight is 271 g/mol. The van der Waals surface area contributed by atoms with Gasteiger partial charge in [-0.05, 0) is 28.3 Å². The van der Waals surface area contributed by atoms with Gasteiger partial charge >= 0.3 is 5.97 Å². The van der Waals surface area contributed by atoms with Crippen LogP contribution in [0.25, 0.3) is 0 Å². The Morgan fingerprint density at radius 3 is 2.29 bits per heavy atom. The molecule has 0 heterocycles. The van der Waals surface area contributed by atoms with Crippen molar-refractivity contribution < 1.29 is 19.0 Å². The van der Waals surface area contributed by atoms with Gasteiger partial charge in [-0.2, -0.15) is 0 Å². The third-order valence-corrected chi connectivity index (χ3v) is 2.47. The zero-order chi connectivity index (χ0) is 11.6. The highest BCUT2D eigenvalue weighted by Gasteiger charge is 2.50. The number of ether oxygens (including phenoxy) is 1. The number of alkyl halides is 2. The second-order valence-corrected chi connectivity index (χ2v) is 5.27. The second kappa shape index (κ2) is 4.57. The first-order valence-electron chi connectivity index (χ1n) is 4.37. The number of aliphatic hydroxyl groups excluding tert-OH is 1. The highest BCUT2D eigenvalue weighted by Crippen LogP contribution is 2.36. The zero-order valence-electron chi connectivity index (χ0n) is 8.80. The summed E-state index contributed by atoms with van der Waals surface area (Å²) in [5.41, 5.74) is -0.745. The molecule has 3 nitrogen and oxygen atoms in total. The normalized spacial score (nSPS) is 18.5. The Morgan fingerprint density at radius 1 is 1.57 bits per heavy atom. The zero-order valence-corrected chi connectivity index (χ0v) is 10.4. The van der Waals surface area contributed by atoms with Crippen molar-refractivity contribution in [2.75, 3.05) is 6.61 Å². The molecule has 0 aromatic carbocycles. The van der Waals surface area contributed by atoms with E-state index in [-0.39, 0.29) is 6.61 Å². The Balaban J connectivity index is 4.69. The standard InChI is InChI=1S/C9H16BrFO3/c1-5-14-7(13)9(10,11)6(12)8(2,3)4/h6,12H,5H2,1-4H3/t6-,9-/m0/s1. The van der Waals surface area contributed by atoms with E-state index in [1.54, 1.807) is 27.7 Å². The van der Waals surface area contributed by atoms with Gasteiger partial charge in [0.2, 0.25) is 0 Å². The molecule has 0 rings (SSSR count). The van der Waals surface area contributed by atoms with Gasteiger partial charge in [0.1, 0.15) is 6.10 Å². The van der Waals surface area contributed by atoms with Crippen LogP contribution in [0.4, 0.5) is 4.39 Å². The van der Waals surface area contributed by atoms with E-state index in [0.717, 1.165) is 0 Å². The molecule has 5 heteroatoms. The van der Waals surface area contributed by atoms with E-state index in [1.807, 2.05) is 0 Å². The van der Waals surface area contributed by atoms with Gasteiger partial charge in [-0.15, -0.1) is 0 Å². The van der Waals surface area contributed by atoms with E-state index in [4.69, 9.17) is 0 Å². The Labute approximate surface area is 91.8 Å². The number of carbonyl (C=O) groups excluding carboxylic acids is 1. The molecule has 0 amide bonds. The first-order valence-corrected chi connectivity index (χ1v) is 5.16. The van der Waals surface area contributed by atoms with Crippen molar-refractivity contribution in [3.05, 3.63) is 0 Å². The van der Waals surface area contributed by atoms with Gasteiger partial charge in [0.15, 0.2) is 0 Å². The maximum Gasteiger partial charge on any atom is 0.357 e. The Hall–Kier alpha value is -0.160. The minimum atomic E-state index is -2.54. The molecule has 0 saturated carbocycles. The van der Waals surface area contributed by atoms with Crippen LogP contribution in [-0.2, 0) is 9.53 Å². The van der Waals surface area contributed by atoms with E-state index in [2.05, 4.69) is 20.7 Å². The first-order chi connectivity index (χ1) is 6.14. The molecule has 2 atom stereocenters. The summed E-state index contributed by atoms with van der Waals surface area (Å²) in [6.07, 6.45) is -1.46. The van der Waals surface area contributed by atoms with Gasteiger partial charge in [-0.3, -0.25) is 0 Å². The quantitative estimate of drug-likeness (QED) is 0.631. The predicted molar refractivity (Wildman–Crippen MR) is 54.9 cm³/mol. The van der Waals surface area contributed by atoms with E-state index < -0.39 is 22.1 Å². The molecule has 0 fully saturated rings. The van der Waals surface area contributed by atoms with Crippen molar-refractivity contribution in [3.8, 4) is 0 Å². The summed E-state index contributed by atoms with van der Waals surface area (Å²) in [5.74, 6) is -1.09. The average Bonchev–Trinajstić information content (AvgIpc) is 2.01. The third kappa shape index (κ3) is 3.20. The van der Waals surface area contributed by atoms with Crippen LogP contribution in [0, 0.1) is 5.41 Å². The van der Waals surface area contributed by atoms with Crippen molar-refractivity contribution in [3.63, 3.8) is 0 Å². The van der Waals surface area contributed by atoms with Gasteiger partial charge in [-0.25, -0.2) is 9.18 Å². The summed E-state index contributed by atoms with van der Waals surface area (Å²) in [6.45, 7) is 6.54. The monoisotopic (exact) mass is 270 g/mol. The molecule has 0 aliphatic rings.